The fourth-order valence-corrected chi connectivity index (χ4v) is 1.19. The zero-order valence-electron chi connectivity index (χ0n) is 8.88. The molecule has 0 unspecified atom stereocenters. The van der Waals surface area contributed by atoms with Gasteiger partial charge in [0, 0.05) is 11.1 Å². The molecule has 84 valence electrons. The minimum absolute atomic E-state index is 0.156. The van der Waals surface area contributed by atoms with Crippen molar-refractivity contribution in [1.82, 2.24) is 5.32 Å². The molecule has 0 aliphatic heterocycles. The van der Waals surface area contributed by atoms with Gasteiger partial charge >= 0.3 is 5.97 Å². The zero-order chi connectivity index (χ0) is 12.0. The van der Waals surface area contributed by atoms with Crippen molar-refractivity contribution < 1.29 is 14.3 Å². The maximum absolute atomic E-state index is 13.2. The molecule has 0 bridgehead atoms. The highest BCUT2D eigenvalue weighted by molar-refractivity contribution is 5.70. The molecule has 0 radical (unpaired) electrons. The summed E-state index contributed by atoms with van der Waals surface area (Å²) in [6.45, 7) is 0.533. The van der Waals surface area contributed by atoms with Crippen LogP contribution in [0, 0.1) is 17.7 Å². The van der Waals surface area contributed by atoms with E-state index in [9.17, 15) is 9.18 Å². The normalized spacial score (nSPS) is 9.38. The predicted octanol–water partition coefficient (Wildman–Crippen LogP) is 1.02. The van der Waals surface area contributed by atoms with Crippen LogP contribution in [-0.4, -0.2) is 24.7 Å². The second-order valence-electron chi connectivity index (χ2n) is 3.21. The van der Waals surface area contributed by atoms with Crippen molar-refractivity contribution in [3.63, 3.8) is 0 Å². The molecule has 1 aromatic carbocycles. The smallest absolute Gasteiger partial charge is 0.307 e. The molecule has 0 saturated heterocycles. The molecule has 0 saturated carbocycles. The summed E-state index contributed by atoms with van der Waals surface area (Å²) < 4.78 is 13.2. The Morgan fingerprint density at radius 2 is 2.31 bits per heavy atom. The number of hydrogen-bond donors (Lipinski definition) is 2. The fraction of sp³-hybridized carbons (Fsp3) is 0.250. The van der Waals surface area contributed by atoms with Crippen LogP contribution in [0.25, 0.3) is 0 Å². The van der Waals surface area contributed by atoms with Crippen LogP contribution in [0.1, 0.15) is 11.1 Å². The number of carboxylic acid groups (broad SMARTS) is 1. The standard InChI is InChI=1S/C12H12FNO2/c1-14-6-2-3-9-4-5-11(13)10(7-9)8-12(15)16/h4-5,7,14H,6,8H2,1H3,(H,15,16). The SMILES string of the molecule is CNCC#Cc1ccc(F)c(CC(=O)O)c1. The van der Waals surface area contributed by atoms with E-state index in [1.807, 2.05) is 0 Å². The second-order valence-corrected chi connectivity index (χ2v) is 3.21. The van der Waals surface area contributed by atoms with Crippen molar-refractivity contribution in [3.05, 3.63) is 35.1 Å². The quantitative estimate of drug-likeness (QED) is 0.749. The summed E-state index contributed by atoms with van der Waals surface area (Å²) in [5.41, 5.74) is 0.775. The van der Waals surface area contributed by atoms with E-state index in [0.717, 1.165) is 0 Å². The van der Waals surface area contributed by atoms with Gasteiger partial charge in [0.15, 0.2) is 0 Å². The van der Waals surface area contributed by atoms with Crippen LogP contribution in [0.4, 0.5) is 4.39 Å². The highest BCUT2D eigenvalue weighted by Crippen LogP contribution is 2.10. The van der Waals surface area contributed by atoms with Gasteiger partial charge in [-0.15, -0.1) is 0 Å². The van der Waals surface area contributed by atoms with Gasteiger partial charge in [-0.05, 0) is 25.2 Å². The number of carbonyl (C=O) groups is 1. The molecule has 2 N–H and O–H groups in total. The molecule has 4 heteroatoms. The first kappa shape index (κ1) is 12.2. The van der Waals surface area contributed by atoms with E-state index >= 15 is 0 Å². The Morgan fingerprint density at radius 3 is 2.94 bits per heavy atom. The number of hydrogen-bond acceptors (Lipinski definition) is 2. The van der Waals surface area contributed by atoms with Crippen molar-refractivity contribution in [2.24, 2.45) is 0 Å². The van der Waals surface area contributed by atoms with Crippen molar-refractivity contribution in [2.45, 2.75) is 6.42 Å². The Balaban J connectivity index is 2.90. The van der Waals surface area contributed by atoms with Gasteiger partial charge < -0.3 is 10.4 Å². The van der Waals surface area contributed by atoms with Crippen LogP contribution < -0.4 is 5.32 Å². The van der Waals surface area contributed by atoms with E-state index in [0.29, 0.717) is 12.1 Å². The average molecular weight is 221 g/mol. The second kappa shape index (κ2) is 5.89. The first-order valence-electron chi connectivity index (χ1n) is 4.77. The summed E-state index contributed by atoms with van der Waals surface area (Å²) in [5, 5.41) is 11.4. The van der Waals surface area contributed by atoms with Gasteiger partial charge in [-0.25, -0.2) is 4.39 Å². The summed E-state index contributed by atoms with van der Waals surface area (Å²) in [5.74, 6) is 4.07. The molecule has 0 aliphatic rings. The molecule has 0 aromatic heterocycles. The largest absolute Gasteiger partial charge is 0.481 e. The van der Waals surface area contributed by atoms with Gasteiger partial charge in [0.2, 0.25) is 0 Å². The van der Waals surface area contributed by atoms with Crippen LogP contribution >= 0.6 is 0 Å². The molecule has 0 amide bonds. The highest BCUT2D eigenvalue weighted by atomic mass is 19.1. The van der Waals surface area contributed by atoms with Crippen LogP contribution in [0.3, 0.4) is 0 Å². The molecule has 0 atom stereocenters. The number of rotatable bonds is 3. The first-order valence-corrected chi connectivity index (χ1v) is 4.77. The lowest BCUT2D eigenvalue weighted by atomic mass is 10.1. The molecule has 0 heterocycles. The molecular weight excluding hydrogens is 209 g/mol. The van der Waals surface area contributed by atoms with Crippen molar-refractivity contribution >= 4 is 5.97 Å². The van der Waals surface area contributed by atoms with Crippen LogP contribution in [0.15, 0.2) is 18.2 Å². The molecule has 0 fully saturated rings. The Kier molecular flexibility index (Phi) is 4.49. The maximum atomic E-state index is 13.2. The maximum Gasteiger partial charge on any atom is 0.307 e. The third kappa shape index (κ3) is 3.71. The topological polar surface area (TPSA) is 49.3 Å². The van der Waals surface area contributed by atoms with E-state index in [4.69, 9.17) is 5.11 Å². The van der Waals surface area contributed by atoms with E-state index < -0.39 is 11.8 Å². The van der Waals surface area contributed by atoms with Crippen molar-refractivity contribution in [2.75, 3.05) is 13.6 Å². The van der Waals surface area contributed by atoms with Gasteiger partial charge in [0.05, 0.1) is 13.0 Å². The van der Waals surface area contributed by atoms with Gasteiger partial charge in [-0.3, -0.25) is 4.79 Å². The molecule has 0 aliphatic carbocycles. The Hall–Kier alpha value is -1.86. The van der Waals surface area contributed by atoms with Crippen LogP contribution in [-0.2, 0) is 11.2 Å². The number of halogens is 1. The van der Waals surface area contributed by atoms with E-state index in [2.05, 4.69) is 17.2 Å². The first-order chi connectivity index (χ1) is 7.63. The summed E-state index contributed by atoms with van der Waals surface area (Å²) in [6, 6.07) is 4.23. The van der Waals surface area contributed by atoms with E-state index in [-0.39, 0.29) is 12.0 Å². The third-order valence-electron chi connectivity index (χ3n) is 1.89. The van der Waals surface area contributed by atoms with E-state index in [1.54, 1.807) is 7.05 Å². The molecule has 0 spiro atoms. The monoisotopic (exact) mass is 221 g/mol. The minimum atomic E-state index is -1.06. The van der Waals surface area contributed by atoms with E-state index in [1.165, 1.54) is 18.2 Å². The number of nitrogens with one attached hydrogen (secondary N) is 1. The molecule has 1 rings (SSSR count). The summed E-state index contributed by atoms with van der Waals surface area (Å²) in [7, 11) is 1.77. The van der Waals surface area contributed by atoms with Gasteiger partial charge in [0.25, 0.3) is 0 Å². The molecule has 3 nitrogen and oxygen atoms in total. The van der Waals surface area contributed by atoms with Gasteiger partial charge in [-0.2, -0.15) is 0 Å². The number of aliphatic carboxylic acids is 1. The number of benzene rings is 1. The van der Waals surface area contributed by atoms with Crippen molar-refractivity contribution in [1.29, 1.82) is 0 Å². The summed E-state index contributed by atoms with van der Waals surface area (Å²) in [4.78, 5) is 10.5. The summed E-state index contributed by atoms with van der Waals surface area (Å²) in [6.07, 6.45) is -0.326. The lowest BCUT2D eigenvalue weighted by molar-refractivity contribution is -0.136. The lowest BCUT2D eigenvalue weighted by Crippen LogP contribution is -2.04. The number of carboxylic acids is 1. The average Bonchev–Trinajstić information content (AvgIpc) is 2.22. The van der Waals surface area contributed by atoms with Crippen molar-refractivity contribution in [3.8, 4) is 11.8 Å². The molecular formula is C12H12FNO2. The Bertz CT molecular complexity index is 446. The summed E-state index contributed by atoms with van der Waals surface area (Å²) >= 11 is 0. The Labute approximate surface area is 93.3 Å². The predicted molar refractivity (Wildman–Crippen MR) is 58.5 cm³/mol. The van der Waals surface area contributed by atoms with Gasteiger partial charge in [0.1, 0.15) is 5.82 Å². The lowest BCUT2D eigenvalue weighted by Gasteiger charge is -2.00. The zero-order valence-corrected chi connectivity index (χ0v) is 8.88. The minimum Gasteiger partial charge on any atom is -0.481 e. The highest BCUT2D eigenvalue weighted by Gasteiger charge is 2.06. The van der Waals surface area contributed by atoms with Crippen LogP contribution in [0.2, 0.25) is 0 Å². The molecule has 1 aromatic rings. The fourth-order valence-electron chi connectivity index (χ4n) is 1.19. The Morgan fingerprint density at radius 1 is 1.56 bits per heavy atom. The third-order valence-corrected chi connectivity index (χ3v) is 1.89. The van der Waals surface area contributed by atoms with Crippen LogP contribution in [0.5, 0.6) is 0 Å². The molecule has 16 heavy (non-hydrogen) atoms. The van der Waals surface area contributed by atoms with Gasteiger partial charge in [-0.1, -0.05) is 11.8 Å².